The number of rotatable bonds is 4. The maximum absolute atomic E-state index is 13.5. The Hall–Kier alpha value is -3.02. The molecule has 0 bridgehead atoms. The van der Waals surface area contributed by atoms with E-state index in [1.165, 1.54) is 6.07 Å². The van der Waals surface area contributed by atoms with Crippen LogP contribution in [0.15, 0.2) is 42.9 Å². The molecule has 0 aliphatic heterocycles. The Labute approximate surface area is 138 Å². The van der Waals surface area contributed by atoms with E-state index >= 15 is 0 Å². The van der Waals surface area contributed by atoms with Gasteiger partial charge in [0, 0.05) is 35.3 Å². The molecule has 0 aliphatic carbocycles. The molecule has 0 fully saturated rings. The van der Waals surface area contributed by atoms with Crippen LogP contribution >= 0.6 is 0 Å². The number of anilines is 1. The van der Waals surface area contributed by atoms with Crippen molar-refractivity contribution >= 4 is 22.4 Å². The van der Waals surface area contributed by atoms with Gasteiger partial charge in [0.15, 0.2) is 5.69 Å². The summed E-state index contributed by atoms with van der Waals surface area (Å²) in [5.41, 5.74) is 8.06. The van der Waals surface area contributed by atoms with Gasteiger partial charge in [0.25, 0.3) is 5.91 Å². The van der Waals surface area contributed by atoms with E-state index in [0.717, 1.165) is 23.6 Å². The summed E-state index contributed by atoms with van der Waals surface area (Å²) in [6.07, 6.45) is 5.15. The van der Waals surface area contributed by atoms with Crippen molar-refractivity contribution in [1.82, 2.24) is 15.3 Å². The monoisotopic (exact) mass is 324 g/mol. The van der Waals surface area contributed by atoms with Crippen molar-refractivity contribution in [2.24, 2.45) is 0 Å². The van der Waals surface area contributed by atoms with Gasteiger partial charge in [0.05, 0.1) is 11.9 Å². The lowest BCUT2D eigenvalue weighted by atomic mass is 9.99. The molecule has 6 heteroatoms. The molecule has 0 radical (unpaired) electrons. The quantitative estimate of drug-likeness (QED) is 0.772. The Kier molecular flexibility index (Phi) is 4.37. The van der Waals surface area contributed by atoms with E-state index < -0.39 is 5.82 Å². The lowest BCUT2D eigenvalue weighted by Gasteiger charge is -2.11. The number of nitrogen functional groups attached to an aromatic ring is 1. The number of halogens is 1. The van der Waals surface area contributed by atoms with Gasteiger partial charge in [-0.25, -0.2) is 9.37 Å². The molecule has 0 saturated carbocycles. The zero-order chi connectivity index (χ0) is 17.1. The minimum Gasteiger partial charge on any atom is -0.396 e. The van der Waals surface area contributed by atoms with Crippen LogP contribution in [-0.4, -0.2) is 22.4 Å². The van der Waals surface area contributed by atoms with Crippen LogP contribution < -0.4 is 11.1 Å². The molecule has 3 aromatic rings. The van der Waals surface area contributed by atoms with Crippen LogP contribution in [0.25, 0.3) is 21.9 Å². The largest absolute Gasteiger partial charge is 0.396 e. The SMILES string of the molecule is CCCNC(=O)c1ncc2c(-c3cncc(F)c3)cccc2c1N. The zero-order valence-electron chi connectivity index (χ0n) is 13.2. The maximum Gasteiger partial charge on any atom is 0.272 e. The molecule has 0 atom stereocenters. The lowest BCUT2D eigenvalue weighted by molar-refractivity contribution is 0.0950. The van der Waals surface area contributed by atoms with E-state index in [0.29, 0.717) is 23.2 Å². The predicted molar refractivity (Wildman–Crippen MR) is 92.0 cm³/mol. The average Bonchev–Trinajstić information content (AvgIpc) is 2.59. The molecule has 24 heavy (non-hydrogen) atoms. The number of carbonyl (C=O) groups excluding carboxylic acids is 1. The second-order valence-corrected chi connectivity index (χ2v) is 5.44. The fraction of sp³-hybridized carbons (Fsp3) is 0.167. The van der Waals surface area contributed by atoms with Gasteiger partial charge in [-0.3, -0.25) is 9.78 Å². The van der Waals surface area contributed by atoms with Crippen LogP contribution in [0.3, 0.4) is 0 Å². The first-order valence-corrected chi connectivity index (χ1v) is 7.68. The first-order valence-electron chi connectivity index (χ1n) is 7.68. The minimum atomic E-state index is -0.416. The molecule has 0 aliphatic rings. The van der Waals surface area contributed by atoms with Crippen LogP contribution in [-0.2, 0) is 0 Å². The number of pyridine rings is 2. The van der Waals surface area contributed by atoms with Gasteiger partial charge >= 0.3 is 0 Å². The Balaban J connectivity index is 2.12. The van der Waals surface area contributed by atoms with Gasteiger partial charge in [-0.05, 0) is 18.1 Å². The van der Waals surface area contributed by atoms with E-state index in [4.69, 9.17) is 5.73 Å². The number of nitrogens with zero attached hydrogens (tertiary/aromatic N) is 2. The second kappa shape index (κ2) is 6.62. The normalized spacial score (nSPS) is 10.8. The molecule has 0 unspecified atom stereocenters. The number of aromatic nitrogens is 2. The van der Waals surface area contributed by atoms with Crippen molar-refractivity contribution in [3.63, 3.8) is 0 Å². The second-order valence-electron chi connectivity index (χ2n) is 5.44. The first kappa shape index (κ1) is 15.9. The molecule has 0 saturated heterocycles. The highest BCUT2D eigenvalue weighted by molar-refractivity contribution is 6.09. The van der Waals surface area contributed by atoms with Crippen molar-refractivity contribution in [2.75, 3.05) is 12.3 Å². The van der Waals surface area contributed by atoms with Gasteiger partial charge in [-0.15, -0.1) is 0 Å². The summed E-state index contributed by atoms with van der Waals surface area (Å²) in [6.45, 7) is 2.53. The fourth-order valence-corrected chi connectivity index (χ4v) is 2.58. The molecule has 0 spiro atoms. The van der Waals surface area contributed by atoms with Gasteiger partial charge < -0.3 is 11.1 Å². The number of hydrogen-bond acceptors (Lipinski definition) is 4. The summed E-state index contributed by atoms with van der Waals surface area (Å²) in [5, 5.41) is 4.21. The van der Waals surface area contributed by atoms with Crippen LogP contribution in [0, 0.1) is 5.82 Å². The number of nitrogens with one attached hydrogen (secondary N) is 1. The van der Waals surface area contributed by atoms with Gasteiger partial charge in [-0.1, -0.05) is 25.1 Å². The number of nitrogens with two attached hydrogens (primary N) is 1. The molecule has 2 aromatic heterocycles. The summed E-state index contributed by atoms with van der Waals surface area (Å²) in [7, 11) is 0. The molecule has 122 valence electrons. The van der Waals surface area contributed by atoms with E-state index in [1.54, 1.807) is 12.4 Å². The average molecular weight is 324 g/mol. The highest BCUT2D eigenvalue weighted by Gasteiger charge is 2.15. The van der Waals surface area contributed by atoms with Crippen LogP contribution in [0.1, 0.15) is 23.8 Å². The molecule has 5 nitrogen and oxygen atoms in total. The number of amides is 1. The van der Waals surface area contributed by atoms with E-state index in [9.17, 15) is 9.18 Å². The van der Waals surface area contributed by atoms with Crippen molar-refractivity contribution in [1.29, 1.82) is 0 Å². The Morgan fingerprint density at radius 3 is 2.83 bits per heavy atom. The maximum atomic E-state index is 13.5. The smallest absolute Gasteiger partial charge is 0.272 e. The van der Waals surface area contributed by atoms with Gasteiger partial charge in [-0.2, -0.15) is 0 Å². The van der Waals surface area contributed by atoms with Crippen molar-refractivity contribution in [3.05, 3.63) is 54.4 Å². The molecule has 1 aromatic carbocycles. The third-order valence-electron chi connectivity index (χ3n) is 3.74. The predicted octanol–water partition coefficient (Wildman–Crippen LogP) is 3.16. The summed E-state index contributed by atoms with van der Waals surface area (Å²) in [6, 6.07) is 6.88. The van der Waals surface area contributed by atoms with Crippen LogP contribution in [0.4, 0.5) is 10.1 Å². The minimum absolute atomic E-state index is 0.200. The fourth-order valence-electron chi connectivity index (χ4n) is 2.58. The highest BCUT2D eigenvalue weighted by Crippen LogP contribution is 2.32. The van der Waals surface area contributed by atoms with Crippen molar-refractivity contribution < 1.29 is 9.18 Å². The lowest BCUT2D eigenvalue weighted by Crippen LogP contribution is -2.26. The van der Waals surface area contributed by atoms with Crippen LogP contribution in [0.5, 0.6) is 0 Å². The van der Waals surface area contributed by atoms with E-state index in [2.05, 4.69) is 15.3 Å². The summed E-state index contributed by atoms with van der Waals surface area (Å²) >= 11 is 0. The van der Waals surface area contributed by atoms with Crippen LogP contribution in [0.2, 0.25) is 0 Å². The van der Waals surface area contributed by atoms with Crippen molar-refractivity contribution in [3.8, 4) is 11.1 Å². The molecule has 3 rings (SSSR count). The van der Waals surface area contributed by atoms with Crippen molar-refractivity contribution in [2.45, 2.75) is 13.3 Å². The van der Waals surface area contributed by atoms with Gasteiger partial charge in [0.2, 0.25) is 0 Å². The summed E-state index contributed by atoms with van der Waals surface area (Å²) in [4.78, 5) is 20.2. The van der Waals surface area contributed by atoms with E-state index in [1.807, 2.05) is 25.1 Å². The van der Waals surface area contributed by atoms with E-state index in [-0.39, 0.29) is 11.6 Å². The molecular weight excluding hydrogens is 307 g/mol. The Morgan fingerprint density at radius 2 is 2.08 bits per heavy atom. The Bertz CT molecular complexity index is 911. The zero-order valence-corrected chi connectivity index (χ0v) is 13.2. The summed E-state index contributed by atoms with van der Waals surface area (Å²) in [5.74, 6) is -0.713. The highest BCUT2D eigenvalue weighted by atomic mass is 19.1. The standard InChI is InChI=1S/C18H17FN4O/c1-2-6-22-18(24)17-16(20)14-5-3-4-13(15(14)10-23-17)11-7-12(19)9-21-8-11/h3-5,7-10H,2,6,20H2,1H3,(H,22,24). The molecular formula is C18H17FN4O. The topological polar surface area (TPSA) is 80.9 Å². The van der Waals surface area contributed by atoms with Gasteiger partial charge in [0.1, 0.15) is 5.82 Å². The number of benzene rings is 1. The third-order valence-corrected chi connectivity index (χ3v) is 3.74. The first-order chi connectivity index (χ1) is 11.6. The molecule has 3 N–H and O–H groups in total. The number of fused-ring (bicyclic) bond motifs is 1. The summed E-state index contributed by atoms with van der Waals surface area (Å²) < 4.78 is 13.5. The number of hydrogen-bond donors (Lipinski definition) is 2. The number of carbonyl (C=O) groups is 1. The third kappa shape index (κ3) is 2.90. The molecule has 2 heterocycles. The Morgan fingerprint density at radius 1 is 1.25 bits per heavy atom. The molecule has 1 amide bonds.